The molecule has 0 spiro atoms. The molecule has 5 nitrogen and oxygen atoms in total. The minimum absolute atomic E-state index is 0.0904. The molecule has 2 aromatic carbocycles. The standard InChI is InChI=1S/C18H14F3N3O2/c19-18(20,21)11-5-6-15-13(9-11)23-17(26-15)10-24-8-7-16(25)22-12-3-1-2-4-14(12)24/h1-6,9H,7-8,10H2,(H,22,25). The fourth-order valence-electron chi connectivity index (χ4n) is 2.97. The second-order valence-corrected chi connectivity index (χ2v) is 6.02. The maximum Gasteiger partial charge on any atom is 0.416 e. The van der Waals surface area contributed by atoms with E-state index in [0.29, 0.717) is 30.1 Å². The number of benzene rings is 2. The van der Waals surface area contributed by atoms with Gasteiger partial charge in [-0.05, 0) is 30.3 Å². The number of carbonyl (C=O) groups excluding carboxylic acids is 1. The van der Waals surface area contributed by atoms with E-state index >= 15 is 0 Å². The number of fused-ring (bicyclic) bond motifs is 2. The maximum absolute atomic E-state index is 12.8. The Balaban J connectivity index is 1.66. The number of alkyl halides is 3. The first-order chi connectivity index (χ1) is 12.4. The van der Waals surface area contributed by atoms with Crippen LogP contribution in [0.3, 0.4) is 0 Å². The van der Waals surface area contributed by atoms with E-state index in [4.69, 9.17) is 4.42 Å². The second-order valence-electron chi connectivity index (χ2n) is 6.02. The Morgan fingerprint density at radius 2 is 2.00 bits per heavy atom. The molecule has 1 amide bonds. The maximum atomic E-state index is 12.8. The third-order valence-corrected chi connectivity index (χ3v) is 4.21. The first-order valence-electron chi connectivity index (χ1n) is 8.01. The van der Waals surface area contributed by atoms with Crippen molar-refractivity contribution in [2.75, 3.05) is 16.8 Å². The predicted octanol–water partition coefficient (Wildman–Crippen LogP) is 4.20. The minimum Gasteiger partial charge on any atom is -0.439 e. The van der Waals surface area contributed by atoms with Gasteiger partial charge in [-0.3, -0.25) is 4.79 Å². The Morgan fingerprint density at radius 3 is 2.81 bits per heavy atom. The van der Waals surface area contributed by atoms with Gasteiger partial charge in [0.15, 0.2) is 5.58 Å². The third kappa shape index (κ3) is 3.10. The van der Waals surface area contributed by atoms with Crippen LogP contribution in [-0.2, 0) is 17.5 Å². The number of hydrogen-bond acceptors (Lipinski definition) is 4. The summed E-state index contributed by atoms with van der Waals surface area (Å²) in [5.74, 6) is 0.204. The van der Waals surface area contributed by atoms with Gasteiger partial charge in [-0.2, -0.15) is 13.2 Å². The number of anilines is 2. The van der Waals surface area contributed by atoms with Crippen LogP contribution in [-0.4, -0.2) is 17.4 Å². The van der Waals surface area contributed by atoms with Crippen LogP contribution in [0.25, 0.3) is 11.1 Å². The van der Waals surface area contributed by atoms with E-state index < -0.39 is 11.7 Å². The van der Waals surface area contributed by atoms with Crippen LogP contribution in [0, 0.1) is 0 Å². The summed E-state index contributed by atoms with van der Waals surface area (Å²) in [6.45, 7) is 0.706. The van der Waals surface area contributed by atoms with E-state index in [9.17, 15) is 18.0 Å². The van der Waals surface area contributed by atoms with Crippen LogP contribution in [0.15, 0.2) is 46.9 Å². The lowest BCUT2D eigenvalue weighted by Gasteiger charge is -2.22. The predicted molar refractivity (Wildman–Crippen MR) is 89.7 cm³/mol. The van der Waals surface area contributed by atoms with Crippen molar-refractivity contribution in [1.82, 2.24) is 4.98 Å². The average molecular weight is 361 g/mol. The van der Waals surface area contributed by atoms with Crippen molar-refractivity contribution in [3.8, 4) is 0 Å². The van der Waals surface area contributed by atoms with Crippen LogP contribution in [0.1, 0.15) is 17.9 Å². The highest BCUT2D eigenvalue weighted by Gasteiger charge is 2.31. The fraction of sp³-hybridized carbons (Fsp3) is 0.222. The molecule has 0 saturated carbocycles. The van der Waals surface area contributed by atoms with Crippen molar-refractivity contribution in [2.45, 2.75) is 19.1 Å². The van der Waals surface area contributed by atoms with Gasteiger partial charge in [0, 0.05) is 13.0 Å². The number of oxazole rings is 1. The van der Waals surface area contributed by atoms with Gasteiger partial charge >= 0.3 is 6.18 Å². The fourth-order valence-corrected chi connectivity index (χ4v) is 2.97. The van der Waals surface area contributed by atoms with Crippen LogP contribution in [0.5, 0.6) is 0 Å². The molecule has 0 unspecified atom stereocenters. The molecule has 4 rings (SSSR count). The first kappa shape index (κ1) is 16.4. The largest absolute Gasteiger partial charge is 0.439 e. The molecule has 0 fully saturated rings. The third-order valence-electron chi connectivity index (χ3n) is 4.21. The van der Waals surface area contributed by atoms with Gasteiger partial charge < -0.3 is 14.6 Å². The lowest BCUT2D eigenvalue weighted by molar-refractivity contribution is -0.137. The number of carbonyl (C=O) groups is 1. The number of nitrogens with one attached hydrogen (secondary N) is 1. The molecule has 1 aliphatic rings. The normalized spacial score (nSPS) is 14.9. The van der Waals surface area contributed by atoms with Crippen molar-refractivity contribution < 1.29 is 22.4 Å². The average Bonchev–Trinajstić information content (AvgIpc) is 2.92. The zero-order valence-corrected chi connectivity index (χ0v) is 13.5. The molecule has 0 radical (unpaired) electrons. The summed E-state index contributed by atoms with van der Waals surface area (Å²) in [4.78, 5) is 17.9. The molecule has 134 valence electrons. The monoisotopic (exact) mass is 361 g/mol. The van der Waals surface area contributed by atoms with E-state index in [2.05, 4.69) is 10.3 Å². The molecule has 1 aromatic heterocycles. The summed E-state index contributed by atoms with van der Waals surface area (Å²) in [5.41, 5.74) is 1.19. The van der Waals surface area contributed by atoms with E-state index in [1.165, 1.54) is 6.07 Å². The van der Waals surface area contributed by atoms with Gasteiger partial charge in [0.25, 0.3) is 0 Å². The van der Waals surface area contributed by atoms with Gasteiger partial charge in [0.2, 0.25) is 11.8 Å². The summed E-state index contributed by atoms with van der Waals surface area (Å²) in [5, 5.41) is 2.83. The molecule has 0 atom stereocenters. The second kappa shape index (κ2) is 6.05. The van der Waals surface area contributed by atoms with Crippen molar-refractivity contribution in [3.05, 3.63) is 53.9 Å². The van der Waals surface area contributed by atoms with Gasteiger partial charge in [-0.25, -0.2) is 4.98 Å². The SMILES string of the molecule is O=C1CCN(Cc2nc3cc(C(F)(F)F)ccc3o2)c2ccccc2N1. The van der Waals surface area contributed by atoms with Crippen LogP contribution in [0.4, 0.5) is 24.5 Å². The van der Waals surface area contributed by atoms with E-state index in [0.717, 1.165) is 17.8 Å². The molecule has 3 aromatic rings. The summed E-state index contributed by atoms with van der Waals surface area (Å²) >= 11 is 0. The molecule has 2 heterocycles. The van der Waals surface area contributed by atoms with Crippen molar-refractivity contribution in [2.24, 2.45) is 0 Å². The highest BCUT2D eigenvalue weighted by molar-refractivity contribution is 5.96. The number of aromatic nitrogens is 1. The van der Waals surface area contributed by atoms with Crippen molar-refractivity contribution in [1.29, 1.82) is 0 Å². The number of amides is 1. The van der Waals surface area contributed by atoms with Crippen molar-refractivity contribution >= 4 is 28.4 Å². The highest BCUT2D eigenvalue weighted by Crippen LogP contribution is 2.33. The molecule has 0 bridgehead atoms. The quantitative estimate of drug-likeness (QED) is 0.743. The summed E-state index contributed by atoms with van der Waals surface area (Å²) in [7, 11) is 0. The number of halogens is 3. The summed E-state index contributed by atoms with van der Waals surface area (Å²) in [6.07, 6.45) is -4.13. The minimum atomic E-state index is -4.43. The smallest absolute Gasteiger partial charge is 0.416 e. The molecule has 8 heteroatoms. The number of para-hydroxylation sites is 2. The molecule has 26 heavy (non-hydrogen) atoms. The van der Waals surface area contributed by atoms with E-state index in [1.54, 1.807) is 6.07 Å². The number of hydrogen-bond donors (Lipinski definition) is 1. The molecule has 0 saturated heterocycles. The van der Waals surface area contributed by atoms with Crippen molar-refractivity contribution in [3.63, 3.8) is 0 Å². The highest BCUT2D eigenvalue weighted by atomic mass is 19.4. The van der Waals surface area contributed by atoms with Crippen LogP contribution >= 0.6 is 0 Å². The zero-order valence-electron chi connectivity index (χ0n) is 13.5. The van der Waals surface area contributed by atoms with Gasteiger partial charge in [-0.1, -0.05) is 12.1 Å². The summed E-state index contributed by atoms with van der Waals surface area (Å²) in [6, 6.07) is 10.6. The van der Waals surface area contributed by atoms with E-state index in [-0.39, 0.29) is 18.0 Å². The van der Waals surface area contributed by atoms with Gasteiger partial charge in [0.05, 0.1) is 23.5 Å². The Morgan fingerprint density at radius 1 is 1.19 bits per heavy atom. The van der Waals surface area contributed by atoms with Crippen LogP contribution in [0.2, 0.25) is 0 Å². The lowest BCUT2D eigenvalue weighted by atomic mass is 10.2. The van der Waals surface area contributed by atoms with Gasteiger partial charge in [0.1, 0.15) is 5.52 Å². The Hall–Kier alpha value is -3.03. The molecule has 0 aliphatic carbocycles. The Bertz CT molecular complexity index is 981. The topological polar surface area (TPSA) is 58.4 Å². The summed E-state index contributed by atoms with van der Waals surface area (Å²) < 4.78 is 44.1. The van der Waals surface area contributed by atoms with Gasteiger partial charge in [-0.15, -0.1) is 0 Å². The molecule has 1 N–H and O–H groups in total. The number of rotatable bonds is 2. The molecular weight excluding hydrogens is 347 g/mol. The zero-order chi connectivity index (χ0) is 18.3. The van der Waals surface area contributed by atoms with E-state index in [1.807, 2.05) is 23.1 Å². The Kier molecular flexibility index (Phi) is 3.82. The number of nitrogens with zero attached hydrogens (tertiary/aromatic N) is 2. The lowest BCUT2D eigenvalue weighted by Crippen LogP contribution is -2.24. The molecule has 1 aliphatic heterocycles. The molecular formula is C18H14F3N3O2. The first-order valence-corrected chi connectivity index (χ1v) is 8.01. The van der Waals surface area contributed by atoms with Crippen LogP contribution < -0.4 is 10.2 Å². The Labute approximate surface area is 146 Å².